The Morgan fingerprint density at radius 1 is 1.32 bits per heavy atom. The van der Waals surface area contributed by atoms with Crippen molar-refractivity contribution in [2.45, 2.75) is 6.04 Å². The molecule has 3 rings (SSSR count). The van der Waals surface area contributed by atoms with Crippen LogP contribution in [0.1, 0.15) is 22.4 Å². The fraction of sp³-hybridized carbons (Fsp3) is 0.125. The quantitative estimate of drug-likeness (QED) is 0.677. The maximum absolute atomic E-state index is 12.6. The maximum Gasteiger partial charge on any atom is 0.290 e. The lowest BCUT2D eigenvalue weighted by Gasteiger charge is -2.23. The number of carbonyl (C=O) groups excluding carboxylic acids is 2. The number of carbonyl (C=O) groups is 2. The molecule has 6 heteroatoms. The molecule has 2 aromatic rings. The number of hydrogen-bond acceptors (Lipinski definition) is 5. The van der Waals surface area contributed by atoms with Crippen molar-refractivity contribution in [2.24, 2.45) is 0 Å². The lowest BCUT2D eigenvalue weighted by molar-refractivity contribution is -0.129. The van der Waals surface area contributed by atoms with Gasteiger partial charge in [-0.15, -0.1) is 6.58 Å². The highest BCUT2D eigenvalue weighted by atomic mass is 16.3. The van der Waals surface area contributed by atoms with E-state index in [0.717, 1.165) is 0 Å². The van der Waals surface area contributed by atoms with Gasteiger partial charge in [0.1, 0.15) is 11.8 Å². The first kappa shape index (κ1) is 13.9. The molecule has 0 aliphatic carbocycles. The van der Waals surface area contributed by atoms with E-state index >= 15 is 0 Å². The fourth-order valence-corrected chi connectivity index (χ4v) is 2.50. The van der Waals surface area contributed by atoms with Gasteiger partial charge in [-0.25, -0.2) is 0 Å². The molecule has 0 bridgehead atoms. The Morgan fingerprint density at radius 3 is 2.64 bits per heavy atom. The molecule has 0 fully saturated rings. The highest BCUT2D eigenvalue weighted by Crippen LogP contribution is 2.38. The van der Waals surface area contributed by atoms with E-state index in [9.17, 15) is 14.7 Å². The number of furan rings is 2. The van der Waals surface area contributed by atoms with Gasteiger partial charge in [0.2, 0.25) is 5.78 Å². The second-order valence-corrected chi connectivity index (χ2v) is 4.73. The standard InChI is InChI=1S/C16H13NO5/c1-2-7-17-13(10-5-3-8-21-10)12(15(19)16(17)20)14(18)11-6-4-9-22-11/h2-6,8-9,13,19H,1,7H2. The van der Waals surface area contributed by atoms with Crippen LogP contribution in [0.2, 0.25) is 0 Å². The molecule has 1 amide bonds. The van der Waals surface area contributed by atoms with E-state index in [1.807, 2.05) is 0 Å². The van der Waals surface area contributed by atoms with E-state index in [1.165, 1.54) is 29.6 Å². The molecule has 0 radical (unpaired) electrons. The summed E-state index contributed by atoms with van der Waals surface area (Å²) < 4.78 is 10.4. The van der Waals surface area contributed by atoms with Gasteiger partial charge in [-0.3, -0.25) is 9.59 Å². The summed E-state index contributed by atoms with van der Waals surface area (Å²) in [5.41, 5.74) is -0.0586. The molecular formula is C16H13NO5. The summed E-state index contributed by atoms with van der Waals surface area (Å²) in [6.45, 7) is 3.76. The lowest BCUT2D eigenvalue weighted by Crippen LogP contribution is -2.31. The molecule has 112 valence electrons. The molecule has 1 aliphatic rings. The summed E-state index contributed by atoms with van der Waals surface area (Å²) in [7, 11) is 0. The zero-order valence-electron chi connectivity index (χ0n) is 11.6. The van der Waals surface area contributed by atoms with Crippen molar-refractivity contribution >= 4 is 11.7 Å². The first-order valence-electron chi connectivity index (χ1n) is 6.61. The van der Waals surface area contributed by atoms with Crippen molar-refractivity contribution in [1.29, 1.82) is 0 Å². The van der Waals surface area contributed by atoms with Gasteiger partial charge in [0.05, 0.1) is 18.1 Å². The Morgan fingerprint density at radius 2 is 2.05 bits per heavy atom. The molecule has 0 spiro atoms. The predicted molar refractivity (Wildman–Crippen MR) is 76.1 cm³/mol. The Hall–Kier alpha value is -3.02. The zero-order chi connectivity index (χ0) is 15.7. The van der Waals surface area contributed by atoms with E-state index in [-0.39, 0.29) is 17.9 Å². The number of Topliss-reactive ketones (excluding diaryl/α,β-unsaturated/α-hetero) is 1. The van der Waals surface area contributed by atoms with Crippen LogP contribution in [0.15, 0.2) is 69.6 Å². The summed E-state index contributed by atoms with van der Waals surface area (Å²) in [6, 6.07) is 5.52. The first-order valence-corrected chi connectivity index (χ1v) is 6.61. The van der Waals surface area contributed by atoms with Crippen LogP contribution in [0.4, 0.5) is 0 Å². The van der Waals surface area contributed by atoms with Crippen molar-refractivity contribution in [3.8, 4) is 0 Å². The highest BCUT2D eigenvalue weighted by Gasteiger charge is 2.45. The summed E-state index contributed by atoms with van der Waals surface area (Å²) in [6.07, 6.45) is 4.31. The average Bonchev–Trinajstić information content (AvgIpc) is 3.24. The minimum absolute atomic E-state index is 0.0476. The fourth-order valence-electron chi connectivity index (χ4n) is 2.50. The van der Waals surface area contributed by atoms with Crippen LogP contribution in [0.5, 0.6) is 0 Å². The van der Waals surface area contributed by atoms with Crippen molar-refractivity contribution in [2.75, 3.05) is 6.54 Å². The molecule has 1 N–H and O–H groups in total. The molecule has 2 aromatic heterocycles. The van der Waals surface area contributed by atoms with Crippen molar-refractivity contribution in [1.82, 2.24) is 4.90 Å². The molecule has 0 saturated heterocycles. The largest absolute Gasteiger partial charge is 0.503 e. The smallest absolute Gasteiger partial charge is 0.290 e. The summed E-state index contributed by atoms with van der Waals surface area (Å²) in [5.74, 6) is -1.36. The SMILES string of the molecule is C=CCN1C(=O)C(O)=C(C(=O)c2ccco2)C1c1ccco1. The number of nitrogens with zero attached hydrogens (tertiary/aromatic N) is 1. The van der Waals surface area contributed by atoms with Gasteiger partial charge in [-0.1, -0.05) is 6.08 Å². The highest BCUT2D eigenvalue weighted by molar-refractivity contribution is 6.14. The van der Waals surface area contributed by atoms with Crippen LogP contribution in [-0.2, 0) is 4.79 Å². The Balaban J connectivity index is 2.10. The molecule has 1 atom stereocenters. The number of amides is 1. The van der Waals surface area contributed by atoms with Crippen LogP contribution in [0.3, 0.4) is 0 Å². The van der Waals surface area contributed by atoms with Crippen LogP contribution < -0.4 is 0 Å². The Labute approximate surface area is 125 Å². The third-order valence-corrected chi connectivity index (χ3v) is 3.43. The number of aliphatic hydroxyl groups is 1. The van der Waals surface area contributed by atoms with Gasteiger partial charge < -0.3 is 18.8 Å². The molecule has 22 heavy (non-hydrogen) atoms. The molecular weight excluding hydrogens is 286 g/mol. The van der Waals surface area contributed by atoms with Crippen LogP contribution in [0, 0.1) is 0 Å². The lowest BCUT2D eigenvalue weighted by atomic mass is 10.00. The molecule has 1 aliphatic heterocycles. The van der Waals surface area contributed by atoms with Gasteiger partial charge in [0.25, 0.3) is 5.91 Å². The molecule has 1 unspecified atom stereocenters. The van der Waals surface area contributed by atoms with Crippen molar-refractivity contribution in [3.63, 3.8) is 0 Å². The third-order valence-electron chi connectivity index (χ3n) is 3.43. The van der Waals surface area contributed by atoms with Gasteiger partial charge in [-0.05, 0) is 24.3 Å². The number of hydrogen-bond donors (Lipinski definition) is 1. The zero-order valence-corrected chi connectivity index (χ0v) is 11.6. The van der Waals surface area contributed by atoms with E-state index in [0.29, 0.717) is 5.76 Å². The number of rotatable bonds is 5. The minimum atomic E-state index is -0.807. The van der Waals surface area contributed by atoms with E-state index in [1.54, 1.807) is 18.2 Å². The second-order valence-electron chi connectivity index (χ2n) is 4.73. The number of ketones is 1. The van der Waals surface area contributed by atoms with Gasteiger partial charge in [-0.2, -0.15) is 0 Å². The van der Waals surface area contributed by atoms with Gasteiger partial charge >= 0.3 is 0 Å². The van der Waals surface area contributed by atoms with Crippen LogP contribution in [0.25, 0.3) is 0 Å². The topological polar surface area (TPSA) is 83.9 Å². The predicted octanol–water partition coefficient (Wildman–Crippen LogP) is 2.64. The van der Waals surface area contributed by atoms with E-state index in [4.69, 9.17) is 8.83 Å². The maximum atomic E-state index is 12.6. The summed E-state index contributed by atoms with van der Waals surface area (Å²) in [5, 5.41) is 10.1. The van der Waals surface area contributed by atoms with Crippen LogP contribution >= 0.6 is 0 Å². The monoisotopic (exact) mass is 299 g/mol. The van der Waals surface area contributed by atoms with Crippen LogP contribution in [-0.4, -0.2) is 28.2 Å². The normalized spacial score (nSPS) is 18.1. The van der Waals surface area contributed by atoms with Crippen molar-refractivity contribution < 1.29 is 23.5 Å². The molecule has 0 saturated carbocycles. The second kappa shape index (κ2) is 5.40. The molecule has 3 heterocycles. The van der Waals surface area contributed by atoms with E-state index in [2.05, 4.69) is 6.58 Å². The average molecular weight is 299 g/mol. The Kier molecular flexibility index (Phi) is 3.42. The number of aliphatic hydroxyl groups excluding tert-OH is 1. The molecule has 6 nitrogen and oxygen atoms in total. The first-order chi connectivity index (χ1) is 10.6. The molecule has 0 aromatic carbocycles. The van der Waals surface area contributed by atoms with Gasteiger partial charge in [0.15, 0.2) is 11.5 Å². The van der Waals surface area contributed by atoms with Gasteiger partial charge in [0, 0.05) is 6.54 Å². The third kappa shape index (κ3) is 2.05. The summed E-state index contributed by atoms with van der Waals surface area (Å²) >= 11 is 0. The minimum Gasteiger partial charge on any atom is -0.503 e. The van der Waals surface area contributed by atoms with E-state index < -0.39 is 23.5 Å². The van der Waals surface area contributed by atoms with Crippen molar-refractivity contribution in [3.05, 3.63) is 72.3 Å². The Bertz CT molecular complexity index is 740. The summed E-state index contributed by atoms with van der Waals surface area (Å²) in [4.78, 5) is 26.1.